The summed E-state index contributed by atoms with van der Waals surface area (Å²) < 4.78 is 0. The normalized spacial score (nSPS) is 15.3. The van der Waals surface area contributed by atoms with Gasteiger partial charge in [-0.2, -0.15) is 0 Å². The molecule has 0 fully saturated rings. The number of rotatable bonds is 14. The first kappa shape index (κ1) is 29.2. The fourth-order valence-corrected chi connectivity index (χ4v) is 4.41. The van der Waals surface area contributed by atoms with Crippen LogP contribution < -0.4 is 5.73 Å². The van der Waals surface area contributed by atoms with Crippen molar-refractivity contribution in [3.63, 3.8) is 0 Å². The van der Waals surface area contributed by atoms with Crippen molar-refractivity contribution in [1.82, 2.24) is 9.88 Å². The fraction of sp³-hybridized carbons (Fsp3) is 0.206. The summed E-state index contributed by atoms with van der Waals surface area (Å²) in [4.78, 5) is 16.0. The van der Waals surface area contributed by atoms with Gasteiger partial charge in [0.15, 0.2) is 0 Å². The lowest BCUT2D eigenvalue weighted by Crippen LogP contribution is -2.24. The van der Waals surface area contributed by atoms with Crippen LogP contribution in [-0.4, -0.2) is 35.4 Å². The van der Waals surface area contributed by atoms with E-state index in [4.69, 9.17) is 10.7 Å². The van der Waals surface area contributed by atoms with E-state index < -0.39 is 0 Å². The van der Waals surface area contributed by atoms with Crippen LogP contribution in [0.1, 0.15) is 42.5 Å². The zero-order chi connectivity index (χ0) is 27.7. The molecule has 200 valence electrons. The van der Waals surface area contributed by atoms with Crippen LogP contribution in [-0.2, 0) is 6.54 Å². The van der Waals surface area contributed by atoms with E-state index in [1.807, 2.05) is 48.6 Å². The maximum absolute atomic E-state index is 5.56. The van der Waals surface area contributed by atoms with E-state index in [2.05, 4.69) is 89.9 Å². The molecule has 5 nitrogen and oxygen atoms in total. The summed E-state index contributed by atoms with van der Waals surface area (Å²) in [6.07, 6.45) is 25.5. The summed E-state index contributed by atoms with van der Waals surface area (Å²) in [6.45, 7) is 11.8. The summed E-state index contributed by atoms with van der Waals surface area (Å²) in [5.41, 5.74) is 11.8. The Labute approximate surface area is 233 Å². The van der Waals surface area contributed by atoms with E-state index >= 15 is 0 Å². The lowest BCUT2D eigenvalue weighted by atomic mass is 9.89. The van der Waals surface area contributed by atoms with Crippen molar-refractivity contribution in [2.45, 2.75) is 32.2 Å². The molecule has 1 unspecified atom stereocenters. The topological polar surface area (TPSA) is 66.9 Å². The number of aliphatic imine (C=N–C) groups is 2. The highest BCUT2D eigenvalue weighted by atomic mass is 15.1. The van der Waals surface area contributed by atoms with Gasteiger partial charge in [0.05, 0.1) is 23.6 Å². The average Bonchev–Trinajstić information content (AvgIpc) is 2.99. The van der Waals surface area contributed by atoms with E-state index in [0.29, 0.717) is 19.5 Å². The molecule has 2 aromatic rings. The number of nitrogens with zero attached hydrogens (tertiary/aromatic N) is 4. The Kier molecular flexibility index (Phi) is 12.3. The Bertz CT molecular complexity index is 1270. The second kappa shape index (κ2) is 16.5. The smallest absolute Gasteiger partial charge is 0.0819 e. The van der Waals surface area contributed by atoms with E-state index in [0.717, 1.165) is 35.6 Å². The summed E-state index contributed by atoms with van der Waals surface area (Å²) in [5.74, 6) is 0.154. The highest BCUT2D eigenvalue weighted by Crippen LogP contribution is 2.35. The van der Waals surface area contributed by atoms with Crippen LogP contribution in [0, 0.1) is 0 Å². The first-order valence-corrected chi connectivity index (χ1v) is 13.4. The molecule has 3 rings (SSSR count). The van der Waals surface area contributed by atoms with E-state index in [9.17, 15) is 0 Å². The molecule has 2 heterocycles. The van der Waals surface area contributed by atoms with Crippen molar-refractivity contribution in [1.29, 1.82) is 0 Å². The number of nitrogens with two attached hydrogens (primary N) is 1. The number of hydrogen-bond acceptors (Lipinski definition) is 5. The van der Waals surface area contributed by atoms with Gasteiger partial charge in [0.2, 0.25) is 0 Å². The lowest BCUT2D eigenvalue weighted by molar-refractivity contribution is 0.449. The number of benzene rings is 1. The van der Waals surface area contributed by atoms with Crippen LogP contribution in [0.25, 0.3) is 0 Å². The average molecular weight is 518 g/mol. The molecular formula is C34H39N5. The van der Waals surface area contributed by atoms with Gasteiger partial charge in [-0.1, -0.05) is 92.4 Å². The van der Waals surface area contributed by atoms with Crippen LogP contribution in [0.15, 0.2) is 144 Å². The predicted octanol–water partition coefficient (Wildman–Crippen LogP) is 7.07. The molecule has 5 heteroatoms. The number of pyridine rings is 1. The first-order chi connectivity index (χ1) is 19.2. The Hall–Kier alpha value is -4.35. The molecule has 0 saturated carbocycles. The van der Waals surface area contributed by atoms with Gasteiger partial charge in [0.1, 0.15) is 0 Å². The van der Waals surface area contributed by atoms with Gasteiger partial charge in [-0.25, -0.2) is 0 Å². The molecule has 1 atom stereocenters. The molecule has 0 amide bonds. The Morgan fingerprint density at radius 1 is 1.10 bits per heavy atom. The van der Waals surface area contributed by atoms with E-state index in [1.54, 1.807) is 12.3 Å². The minimum absolute atomic E-state index is 0.154. The van der Waals surface area contributed by atoms with Gasteiger partial charge in [-0.15, -0.1) is 0 Å². The molecule has 39 heavy (non-hydrogen) atoms. The predicted molar refractivity (Wildman–Crippen MR) is 167 cm³/mol. The largest absolute Gasteiger partial charge is 0.345 e. The molecule has 0 bridgehead atoms. The van der Waals surface area contributed by atoms with Crippen molar-refractivity contribution >= 4 is 12.4 Å². The number of allylic oxidation sites excluding steroid dienone is 9. The van der Waals surface area contributed by atoms with Crippen LogP contribution in [0.4, 0.5) is 0 Å². The number of aromatic nitrogens is 1. The van der Waals surface area contributed by atoms with Crippen molar-refractivity contribution in [3.05, 3.63) is 150 Å². The van der Waals surface area contributed by atoms with Crippen LogP contribution in [0.2, 0.25) is 0 Å². The molecule has 1 aliphatic heterocycles. The van der Waals surface area contributed by atoms with Gasteiger partial charge in [0, 0.05) is 43.5 Å². The maximum atomic E-state index is 5.56. The van der Waals surface area contributed by atoms with Crippen molar-refractivity contribution in [2.24, 2.45) is 15.7 Å². The molecule has 0 aliphatic carbocycles. The Morgan fingerprint density at radius 3 is 2.56 bits per heavy atom. The molecule has 0 saturated heterocycles. The van der Waals surface area contributed by atoms with Crippen molar-refractivity contribution in [3.8, 4) is 0 Å². The molecule has 1 aromatic heterocycles. The third kappa shape index (κ3) is 8.87. The van der Waals surface area contributed by atoms with Crippen LogP contribution >= 0.6 is 0 Å². The summed E-state index contributed by atoms with van der Waals surface area (Å²) in [7, 11) is 0. The van der Waals surface area contributed by atoms with Gasteiger partial charge in [0.25, 0.3) is 0 Å². The molecule has 2 N–H and O–H groups in total. The van der Waals surface area contributed by atoms with Crippen LogP contribution in [0.5, 0.6) is 0 Å². The Balaban J connectivity index is 1.96. The van der Waals surface area contributed by atoms with E-state index in [-0.39, 0.29) is 5.92 Å². The fourth-order valence-electron chi connectivity index (χ4n) is 4.41. The first-order valence-electron chi connectivity index (χ1n) is 13.4. The summed E-state index contributed by atoms with van der Waals surface area (Å²) in [5, 5.41) is 0. The third-order valence-corrected chi connectivity index (χ3v) is 6.32. The summed E-state index contributed by atoms with van der Waals surface area (Å²) >= 11 is 0. The maximum Gasteiger partial charge on any atom is 0.0819 e. The minimum Gasteiger partial charge on any atom is -0.345 e. The molecule has 0 radical (unpaired) electrons. The second-order valence-corrected chi connectivity index (χ2v) is 8.91. The van der Waals surface area contributed by atoms with Gasteiger partial charge in [-0.05, 0) is 48.6 Å². The second-order valence-electron chi connectivity index (χ2n) is 8.91. The van der Waals surface area contributed by atoms with Crippen molar-refractivity contribution in [2.75, 3.05) is 13.1 Å². The van der Waals surface area contributed by atoms with Crippen LogP contribution in [0.3, 0.4) is 0 Å². The zero-order valence-corrected chi connectivity index (χ0v) is 22.9. The molecule has 1 aliphatic rings. The van der Waals surface area contributed by atoms with Crippen molar-refractivity contribution < 1.29 is 0 Å². The SMILES string of the molecule is C=C/C=C\C(=N/Cc1ccccn1)c1ccc(C(CC)/C(=C(\C/C=C\C=C/CN)N=C)N2C=CC=CC2)cc1. The number of hydrogen-bond donors (Lipinski definition) is 1. The van der Waals surface area contributed by atoms with Gasteiger partial charge < -0.3 is 10.6 Å². The quantitative estimate of drug-likeness (QED) is 0.215. The monoisotopic (exact) mass is 517 g/mol. The highest BCUT2D eigenvalue weighted by Gasteiger charge is 2.23. The minimum atomic E-state index is 0.154. The standard InChI is InChI=1S/C34H39N5/c1-4-6-17-32(38-27-30-16-11-13-24-37-30)29-21-19-28(20-22-29)31(5-2)34(39-25-14-9-15-26-39)33(36-3)18-10-7-8-12-23-35/h4,6-17,19-22,24-25,31H,1,3,5,18,23,26-27,35H2,2H3/b10-7-,12-8-,17-6-,34-33-,38-32+. The van der Waals surface area contributed by atoms with Gasteiger partial charge in [-0.3, -0.25) is 15.0 Å². The third-order valence-electron chi connectivity index (χ3n) is 6.32. The summed E-state index contributed by atoms with van der Waals surface area (Å²) in [6, 6.07) is 14.6. The molecule has 0 spiro atoms. The lowest BCUT2D eigenvalue weighted by Gasteiger charge is -2.32. The van der Waals surface area contributed by atoms with E-state index in [1.165, 1.54) is 11.3 Å². The zero-order valence-electron chi connectivity index (χ0n) is 22.9. The molecular weight excluding hydrogens is 478 g/mol. The van der Waals surface area contributed by atoms with Gasteiger partial charge >= 0.3 is 0 Å². The highest BCUT2D eigenvalue weighted by molar-refractivity contribution is 6.08. The Morgan fingerprint density at radius 2 is 1.92 bits per heavy atom. The molecule has 1 aromatic carbocycles.